The van der Waals surface area contributed by atoms with Crippen molar-refractivity contribution in [1.29, 1.82) is 0 Å². The van der Waals surface area contributed by atoms with Crippen LogP contribution in [-0.2, 0) is 16.6 Å². The van der Waals surface area contributed by atoms with Gasteiger partial charge in [-0.3, -0.25) is 4.79 Å². The predicted molar refractivity (Wildman–Crippen MR) is 117 cm³/mol. The van der Waals surface area contributed by atoms with Crippen molar-refractivity contribution in [2.75, 3.05) is 19.6 Å². The van der Waals surface area contributed by atoms with Gasteiger partial charge in [0.1, 0.15) is 5.78 Å². The number of Topliss-reactive ketones (excluding diaryl/α,β-unsaturated/α-hetero) is 1. The standard InChI is InChI=1S/C26H33NO2/c1-19-17-27(18-24(21(3)29)15-22-9-6-5-7-10-22)14-13-26(19,4)25-12-8-11-23(16-25)20(2)28/h5-12,16,19,24,28H,2,13-15,17-18H2,1,3-4H3/p-1. The molecule has 0 spiro atoms. The molecule has 154 valence electrons. The summed E-state index contributed by atoms with van der Waals surface area (Å²) in [6.07, 6.45) is 1.81. The Morgan fingerprint density at radius 2 is 1.97 bits per heavy atom. The normalized spacial score (nSPS) is 23.5. The van der Waals surface area contributed by atoms with Crippen LogP contribution in [-0.4, -0.2) is 30.3 Å². The van der Waals surface area contributed by atoms with E-state index in [1.807, 2.05) is 36.4 Å². The highest BCUT2D eigenvalue weighted by Crippen LogP contribution is 2.40. The van der Waals surface area contributed by atoms with E-state index in [9.17, 15) is 9.90 Å². The van der Waals surface area contributed by atoms with Crippen LogP contribution in [0.25, 0.3) is 5.76 Å². The molecule has 0 radical (unpaired) electrons. The van der Waals surface area contributed by atoms with Crippen LogP contribution in [0.15, 0.2) is 61.2 Å². The van der Waals surface area contributed by atoms with Crippen molar-refractivity contribution in [3.8, 4) is 0 Å². The van der Waals surface area contributed by atoms with Crippen LogP contribution in [0.2, 0.25) is 0 Å². The van der Waals surface area contributed by atoms with Gasteiger partial charge in [-0.25, -0.2) is 0 Å². The quantitative estimate of drug-likeness (QED) is 0.670. The fraction of sp³-hybridized carbons (Fsp3) is 0.423. The average molecular weight is 391 g/mol. The Kier molecular flexibility index (Phi) is 6.59. The summed E-state index contributed by atoms with van der Waals surface area (Å²) in [6.45, 7) is 12.6. The van der Waals surface area contributed by atoms with Crippen LogP contribution in [0, 0.1) is 11.8 Å². The summed E-state index contributed by atoms with van der Waals surface area (Å²) in [7, 11) is 0. The van der Waals surface area contributed by atoms with Crippen molar-refractivity contribution in [1.82, 2.24) is 4.90 Å². The molecule has 3 rings (SSSR count). The fourth-order valence-electron chi connectivity index (χ4n) is 4.51. The molecule has 1 aliphatic heterocycles. The number of hydrogen-bond acceptors (Lipinski definition) is 3. The summed E-state index contributed by atoms with van der Waals surface area (Å²) in [4.78, 5) is 14.7. The second-order valence-electron chi connectivity index (χ2n) is 8.83. The molecular formula is C26H32NO2-. The highest BCUT2D eigenvalue weighted by molar-refractivity contribution is 5.78. The van der Waals surface area contributed by atoms with E-state index in [1.165, 1.54) is 11.1 Å². The number of ketones is 1. The summed E-state index contributed by atoms with van der Waals surface area (Å²) in [5.74, 6) is 0.582. The Labute approximate surface area is 175 Å². The van der Waals surface area contributed by atoms with Crippen molar-refractivity contribution in [3.63, 3.8) is 0 Å². The van der Waals surface area contributed by atoms with Gasteiger partial charge in [-0.05, 0) is 54.3 Å². The molecule has 1 fully saturated rings. The third kappa shape index (κ3) is 4.97. The lowest BCUT2D eigenvalue weighted by molar-refractivity contribution is -0.243. The SMILES string of the molecule is C=C([O-])c1cccc(C2(C)CCN(CC(Cc3ccccc3)C(C)=O)CC2C)c1. The maximum atomic E-state index is 12.3. The van der Waals surface area contributed by atoms with Crippen molar-refractivity contribution in [2.24, 2.45) is 11.8 Å². The molecule has 1 heterocycles. The molecule has 0 aliphatic carbocycles. The van der Waals surface area contributed by atoms with Crippen molar-refractivity contribution in [3.05, 3.63) is 77.9 Å². The van der Waals surface area contributed by atoms with E-state index >= 15 is 0 Å². The summed E-state index contributed by atoms with van der Waals surface area (Å²) < 4.78 is 0. The molecule has 0 aromatic heterocycles. The van der Waals surface area contributed by atoms with Gasteiger partial charge >= 0.3 is 0 Å². The largest absolute Gasteiger partial charge is 0.872 e. The van der Waals surface area contributed by atoms with E-state index in [-0.39, 0.29) is 22.9 Å². The van der Waals surface area contributed by atoms with Gasteiger partial charge in [-0.15, -0.1) is 12.3 Å². The van der Waals surface area contributed by atoms with Crippen molar-refractivity contribution < 1.29 is 9.90 Å². The van der Waals surface area contributed by atoms with Gasteiger partial charge in [-0.1, -0.05) is 68.4 Å². The molecule has 1 aliphatic rings. The van der Waals surface area contributed by atoms with Crippen LogP contribution < -0.4 is 5.11 Å². The summed E-state index contributed by atoms with van der Waals surface area (Å²) in [5, 5.41) is 11.7. The van der Waals surface area contributed by atoms with Crippen LogP contribution in [0.5, 0.6) is 0 Å². The minimum Gasteiger partial charge on any atom is -0.872 e. The lowest BCUT2D eigenvalue weighted by Gasteiger charge is -2.46. The zero-order valence-electron chi connectivity index (χ0n) is 17.9. The summed E-state index contributed by atoms with van der Waals surface area (Å²) in [5.41, 5.74) is 3.13. The van der Waals surface area contributed by atoms with Crippen molar-refractivity contribution in [2.45, 2.75) is 39.0 Å². The maximum absolute atomic E-state index is 12.3. The molecule has 2 aromatic carbocycles. The van der Waals surface area contributed by atoms with Gasteiger partial charge in [0.2, 0.25) is 0 Å². The zero-order valence-corrected chi connectivity index (χ0v) is 17.9. The zero-order chi connectivity index (χ0) is 21.0. The van der Waals surface area contributed by atoms with Crippen molar-refractivity contribution >= 4 is 11.5 Å². The molecule has 3 atom stereocenters. The van der Waals surface area contributed by atoms with Crippen LogP contribution >= 0.6 is 0 Å². The molecule has 0 bridgehead atoms. The lowest BCUT2D eigenvalue weighted by atomic mass is 9.67. The second-order valence-corrected chi connectivity index (χ2v) is 8.83. The van der Waals surface area contributed by atoms with Gasteiger partial charge in [0.15, 0.2) is 0 Å². The Morgan fingerprint density at radius 1 is 1.24 bits per heavy atom. The van der Waals surface area contributed by atoms with Gasteiger partial charge in [-0.2, -0.15) is 0 Å². The molecule has 0 saturated carbocycles. The molecule has 3 unspecified atom stereocenters. The van der Waals surface area contributed by atoms with E-state index in [0.717, 1.165) is 32.5 Å². The molecule has 3 heteroatoms. The monoisotopic (exact) mass is 390 g/mol. The fourth-order valence-corrected chi connectivity index (χ4v) is 4.51. The van der Waals surface area contributed by atoms with Crippen LogP contribution in [0.1, 0.15) is 43.9 Å². The van der Waals surface area contributed by atoms with Gasteiger partial charge in [0, 0.05) is 19.0 Å². The van der Waals surface area contributed by atoms with E-state index in [4.69, 9.17) is 0 Å². The van der Waals surface area contributed by atoms with E-state index in [0.29, 0.717) is 11.5 Å². The Bertz CT molecular complexity index is 860. The number of piperidine rings is 1. The number of carbonyl (C=O) groups is 1. The van der Waals surface area contributed by atoms with E-state index in [2.05, 4.69) is 43.5 Å². The molecule has 0 amide bonds. The number of rotatable bonds is 7. The van der Waals surface area contributed by atoms with Gasteiger partial charge < -0.3 is 10.0 Å². The first-order valence-corrected chi connectivity index (χ1v) is 10.5. The number of likely N-dealkylation sites (tertiary alicyclic amines) is 1. The van der Waals surface area contributed by atoms with E-state index in [1.54, 1.807) is 6.92 Å². The van der Waals surface area contributed by atoms with E-state index < -0.39 is 0 Å². The Morgan fingerprint density at radius 3 is 2.59 bits per heavy atom. The smallest absolute Gasteiger partial charge is 0.134 e. The summed E-state index contributed by atoms with van der Waals surface area (Å²) in [6, 6.07) is 18.2. The highest BCUT2D eigenvalue weighted by atomic mass is 16.3. The maximum Gasteiger partial charge on any atom is 0.134 e. The minimum absolute atomic E-state index is 0.0209. The first kappa shape index (κ1) is 21.3. The van der Waals surface area contributed by atoms with Crippen LogP contribution in [0.4, 0.5) is 0 Å². The number of benzene rings is 2. The van der Waals surface area contributed by atoms with Gasteiger partial charge in [0.25, 0.3) is 0 Å². The number of nitrogens with zero attached hydrogens (tertiary/aromatic N) is 1. The highest BCUT2D eigenvalue weighted by Gasteiger charge is 2.38. The Balaban J connectivity index is 1.69. The Hall–Kier alpha value is -2.39. The lowest BCUT2D eigenvalue weighted by Crippen LogP contribution is -2.49. The molecule has 2 aromatic rings. The molecule has 1 saturated heterocycles. The molecular weight excluding hydrogens is 358 g/mol. The average Bonchev–Trinajstić information content (AvgIpc) is 2.71. The second kappa shape index (κ2) is 8.96. The van der Waals surface area contributed by atoms with Gasteiger partial charge in [0.05, 0.1) is 0 Å². The first-order chi connectivity index (χ1) is 13.8. The minimum atomic E-state index is -0.134. The number of carbonyl (C=O) groups excluding carboxylic acids is 1. The topological polar surface area (TPSA) is 43.4 Å². The number of hydrogen-bond donors (Lipinski definition) is 0. The predicted octanol–water partition coefficient (Wildman–Crippen LogP) is 4.07. The van der Waals surface area contributed by atoms with Crippen LogP contribution in [0.3, 0.4) is 0 Å². The molecule has 3 nitrogen and oxygen atoms in total. The third-order valence-electron chi connectivity index (χ3n) is 6.79. The molecule has 0 N–H and O–H groups in total. The third-order valence-corrected chi connectivity index (χ3v) is 6.79. The first-order valence-electron chi connectivity index (χ1n) is 10.5. The molecule has 29 heavy (non-hydrogen) atoms. The summed E-state index contributed by atoms with van der Waals surface area (Å²) >= 11 is 0.